The number of nitrogens with one attached hydrogen (secondary N) is 1. The van der Waals surface area contributed by atoms with Gasteiger partial charge in [0.15, 0.2) is 0 Å². The van der Waals surface area contributed by atoms with Crippen LogP contribution in [-0.4, -0.2) is 62.2 Å². The lowest BCUT2D eigenvalue weighted by Gasteiger charge is -2.33. The van der Waals surface area contributed by atoms with E-state index in [2.05, 4.69) is 36.0 Å². The molecule has 1 heterocycles. The monoisotopic (exact) mass is 225 g/mol. The third-order valence-electron chi connectivity index (χ3n) is 4.56. The number of hydrogen-bond donors (Lipinski definition) is 1. The fourth-order valence-electron chi connectivity index (χ4n) is 2.39. The van der Waals surface area contributed by atoms with Crippen molar-refractivity contribution in [3.05, 3.63) is 0 Å². The fourth-order valence-corrected chi connectivity index (χ4v) is 2.39. The molecule has 3 nitrogen and oxygen atoms in total. The second-order valence-corrected chi connectivity index (χ2v) is 5.97. The van der Waals surface area contributed by atoms with Crippen LogP contribution in [-0.2, 0) is 0 Å². The van der Waals surface area contributed by atoms with Crippen molar-refractivity contribution < 1.29 is 0 Å². The molecule has 3 heteroatoms. The van der Waals surface area contributed by atoms with E-state index in [9.17, 15) is 0 Å². The van der Waals surface area contributed by atoms with E-state index in [0.717, 1.165) is 6.54 Å². The van der Waals surface area contributed by atoms with Gasteiger partial charge >= 0.3 is 0 Å². The first kappa shape index (κ1) is 12.3. The smallest absolute Gasteiger partial charge is 0.0110 e. The zero-order valence-electron chi connectivity index (χ0n) is 11.1. The van der Waals surface area contributed by atoms with Crippen LogP contribution in [0.1, 0.15) is 26.7 Å². The van der Waals surface area contributed by atoms with Gasteiger partial charge in [-0.1, -0.05) is 6.92 Å². The molecule has 1 N–H and O–H groups in total. The maximum absolute atomic E-state index is 3.69. The van der Waals surface area contributed by atoms with E-state index >= 15 is 0 Å². The van der Waals surface area contributed by atoms with Crippen LogP contribution in [0.5, 0.6) is 0 Å². The highest BCUT2D eigenvalue weighted by atomic mass is 15.2. The Labute approximate surface area is 100 Å². The first-order valence-corrected chi connectivity index (χ1v) is 6.74. The molecule has 1 aliphatic heterocycles. The molecular weight excluding hydrogens is 198 g/mol. The Kier molecular flexibility index (Phi) is 3.88. The summed E-state index contributed by atoms with van der Waals surface area (Å²) in [6.07, 6.45) is 2.82. The highest BCUT2D eigenvalue weighted by Gasteiger charge is 2.42. The Morgan fingerprint density at radius 3 is 2.38 bits per heavy atom. The van der Waals surface area contributed by atoms with Crippen LogP contribution in [0.2, 0.25) is 0 Å². The van der Waals surface area contributed by atoms with Crippen molar-refractivity contribution in [3.8, 4) is 0 Å². The van der Waals surface area contributed by atoms with E-state index in [0.29, 0.717) is 11.5 Å². The van der Waals surface area contributed by atoms with Crippen molar-refractivity contribution in [3.63, 3.8) is 0 Å². The Bertz CT molecular complexity index is 217. The third-order valence-corrected chi connectivity index (χ3v) is 4.56. The number of piperazine rings is 1. The average Bonchev–Trinajstić information content (AvgIpc) is 3.01. The van der Waals surface area contributed by atoms with E-state index in [1.54, 1.807) is 0 Å². The van der Waals surface area contributed by atoms with Crippen molar-refractivity contribution in [2.24, 2.45) is 5.41 Å². The summed E-state index contributed by atoms with van der Waals surface area (Å²) in [7, 11) is 2.21. The molecule has 0 aromatic rings. The van der Waals surface area contributed by atoms with Gasteiger partial charge in [0.1, 0.15) is 0 Å². The molecule has 1 atom stereocenters. The molecule has 2 aliphatic rings. The van der Waals surface area contributed by atoms with Gasteiger partial charge in [0.2, 0.25) is 0 Å². The van der Waals surface area contributed by atoms with E-state index in [1.165, 1.54) is 45.6 Å². The summed E-state index contributed by atoms with van der Waals surface area (Å²) in [4.78, 5) is 4.99. The lowest BCUT2D eigenvalue weighted by Crippen LogP contribution is -2.47. The minimum Gasteiger partial charge on any atom is -0.312 e. The summed E-state index contributed by atoms with van der Waals surface area (Å²) in [5.41, 5.74) is 0.613. The standard InChI is InChI=1S/C13H27N3/c1-12(13(2)4-5-13)14-6-7-16-10-8-15(3)9-11-16/h12,14H,4-11H2,1-3H3. The molecule has 94 valence electrons. The van der Waals surface area contributed by atoms with E-state index in [1.807, 2.05) is 0 Å². The Morgan fingerprint density at radius 2 is 1.81 bits per heavy atom. The Morgan fingerprint density at radius 1 is 1.19 bits per heavy atom. The second-order valence-electron chi connectivity index (χ2n) is 5.97. The molecule has 0 bridgehead atoms. The zero-order chi connectivity index (χ0) is 11.6. The van der Waals surface area contributed by atoms with Gasteiger partial charge in [0.05, 0.1) is 0 Å². The normalized spacial score (nSPS) is 27.9. The molecule has 16 heavy (non-hydrogen) atoms. The average molecular weight is 225 g/mol. The van der Waals surface area contributed by atoms with Crippen molar-refractivity contribution in [2.75, 3.05) is 46.3 Å². The van der Waals surface area contributed by atoms with Gasteiger partial charge in [-0.3, -0.25) is 4.90 Å². The minimum absolute atomic E-state index is 0.613. The molecule has 0 spiro atoms. The molecule has 2 rings (SSSR count). The molecule has 0 amide bonds. The van der Waals surface area contributed by atoms with Gasteiger partial charge in [0, 0.05) is 45.3 Å². The molecule has 0 aromatic heterocycles. The molecule has 1 saturated carbocycles. The van der Waals surface area contributed by atoms with Crippen molar-refractivity contribution >= 4 is 0 Å². The third kappa shape index (κ3) is 3.19. The molecule has 1 unspecified atom stereocenters. The maximum atomic E-state index is 3.69. The van der Waals surface area contributed by atoms with Crippen LogP contribution in [0, 0.1) is 5.41 Å². The first-order chi connectivity index (χ1) is 7.60. The van der Waals surface area contributed by atoms with Gasteiger partial charge in [-0.15, -0.1) is 0 Å². The zero-order valence-corrected chi connectivity index (χ0v) is 11.1. The van der Waals surface area contributed by atoms with Crippen LogP contribution < -0.4 is 5.32 Å². The maximum Gasteiger partial charge on any atom is 0.0110 e. The molecule has 1 saturated heterocycles. The van der Waals surface area contributed by atoms with Crippen LogP contribution >= 0.6 is 0 Å². The second kappa shape index (κ2) is 5.03. The van der Waals surface area contributed by atoms with Crippen molar-refractivity contribution in [1.82, 2.24) is 15.1 Å². The van der Waals surface area contributed by atoms with Crippen LogP contribution in [0.3, 0.4) is 0 Å². The summed E-state index contributed by atoms with van der Waals surface area (Å²) in [6, 6.07) is 0.694. The summed E-state index contributed by atoms with van der Waals surface area (Å²) in [5.74, 6) is 0. The van der Waals surface area contributed by atoms with Crippen molar-refractivity contribution in [2.45, 2.75) is 32.7 Å². The van der Waals surface area contributed by atoms with Crippen LogP contribution in [0.25, 0.3) is 0 Å². The van der Waals surface area contributed by atoms with Gasteiger partial charge in [-0.2, -0.15) is 0 Å². The summed E-state index contributed by atoms with van der Waals surface area (Å²) >= 11 is 0. The predicted molar refractivity (Wildman–Crippen MR) is 68.7 cm³/mol. The van der Waals surface area contributed by atoms with Gasteiger partial charge in [-0.05, 0) is 32.2 Å². The molecule has 2 fully saturated rings. The number of rotatable bonds is 5. The topological polar surface area (TPSA) is 18.5 Å². The first-order valence-electron chi connectivity index (χ1n) is 6.74. The van der Waals surface area contributed by atoms with E-state index in [-0.39, 0.29) is 0 Å². The van der Waals surface area contributed by atoms with Gasteiger partial charge in [0.25, 0.3) is 0 Å². The SMILES string of the molecule is CC(NCCN1CCN(C)CC1)C1(C)CC1. The molecule has 0 radical (unpaired) electrons. The highest BCUT2D eigenvalue weighted by molar-refractivity contribution is 4.96. The fraction of sp³-hybridized carbons (Fsp3) is 1.00. The van der Waals surface area contributed by atoms with Crippen LogP contribution in [0.15, 0.2) is 0 Å². The number of nitrogens with zero attached hydrogens (tertiary/aromatic N) is 2. The Balaban J connectivity index is 1.57. The summed E-state index contributed by atoms with van der Waals surface area (Å²) in [5, 5.41) is 3.69. The molecular formula is C13H27N3. The lowest BCUT2D eigenvalue weighted by molar-refractivity contribution is 0.152. The lowest BCUT2D eigenvalue weighted by atomic mass is 10.0. The van der Waals surface area contributed by atoms with Gasteiger partial charge in [-0.25, -0.2) is 0 Å². The largest absolute Gasteiger partial charge is 0.312 e. The van der Waals surface area contributed by atoms with Crippen molar-refractivity contribution in [1.29, 1.82) is 0 Å². The predicted octanol–water partition coefficient (Wildman–Crippen LogP) is 1.01. The van der Waals surface area contributed by atoms with E-state index < -0.39 is 0 Å². The highest BCUT2D eigenvalue weighted by Crippen LogP contribution is 2.47. The number of likely N-dealkylation sites (N-methyl/N-ethyl adjacent to an activating group) is 1. The Hall–Kier alpha value is -0.120. The van der Waals surface area contributed by atoms with Crippen LogP contribution in [0.4, 0.5) is 0 Å². The van der Waals surface area contributed by atoms with E-state index in [4.69, 9.17) is 0 Å². The number of hydrogen-bond acceptors (Lipinski definition) is 3. The van der Waals surface area contributed by atoms with Gasteiger partial charge < -0.3 is 10.2 Å². The quantitative estimate of drug-likeness (QED) is 0.753. The molecule has 0 aromatic carbocycles. The molecule has 1 aliphatic carbocycles. The summed E-state index contributed by atoms with van der Waals surface area (Å²) in [6.45, 7) is 12.1. The minimum atomic E-state index is 0.613. The summed E-state index contributed by atoms with van der Waals surface area (Å²) < 4.78 is 0.